The van der Waals surface area contributed by atoms with Gasteiger partial charge in [0.25, 0.3) is 0 Å². The molecule has 1 aliphatic carbocycles. The number of aromatic nitrogens is 2. The molecule has 4 nitrogen and oxygen atoms in total. The van der Waals surface area contributed by atoms with Crippen molar-refractivity contribution < 1.29 is 4.42 Å². The van der Waals surface area contributed by atoms with E-state index in [0.29, 0.717) is 0 Å². The molecule has 0 amide bonds. The predicted octanol–water partition coefficient (Wildman–Crippen LogP) is 0.364. The van der Waals surface area contributed by atoms with Crippen LogP contribution in [0.1, 0.15) is 18.7 Å². The zero-order valence-corrected chi connectivity index (χ0v) is 6.29. The van der Waals surface area contributed by atoms with Crippen LogP contribution < -0.4 is 5.32 Å². The summed E-state index contributed by atoms with van der Waals surface area (Å²) in [6.07, 6.45) is 4.86. The number of hydrogen-bond donors (Lipinski definition) is 1. The molecule has 1 aromatic heterocycles. The van der Waals surface area contributed by atoms with Crippen LogP contribution in [-0.2, 0) is 6.42 Å². The second kappa shape index (κ2) is 3.00. The first-order chi connectivity index (χ1) is 5.45. The minimum atomic E-state index is 0.721. The highest BCUT2D eigenvalue weighted by molar-refractivity contribution is 4.83. The SMILES string of the molecule is c1nnc(CCNC2CC2)o1. The van der Waals surface area contributed by atoms with Crippen molar-refractivity contribution in [3.63, 3.8) is 0 Å². The summed E-state index contributed by atoms with van der Waals surface area (Å²) >= 11 is 0. The molecule has 0 aliphatic heterocycles. The van der Waals surface area contributed by atoms with Gasteiger partial charge in [-0.25, -0.2) is 0 Å². The van der Waals surface area contributed by atoms with Gasteiger partial charge in [-0.05, 0) is 12.8 Å². The van der Waals surface area contributed by atoms with Crippen molar-refractivity contribution in [2.24, 2.45) is 0 Å². The highest BCUT2D eigenvalue weighted by Gasteiger charge is 2.19. The van der Waals surface area contributed by atoms with E-state index < -0.39 is 0 Å². The molecule has 1 fully saturated rings. The van der Waals surface area contributed by atoms with Crippen LogP contribution in [0, 0.1) is 0 Å². The smallest absolute Gasteiger partial charge is 0.217 e. The van der Waals surface area contributed by atoms with Crippen LogP contribution in [0.25, 0.3) is 0 Å². The molecule has 0 unspecified atom stereocenters. The summed E-state index contributed by atoms with van der Waals surface area (Å²) in [5.41, 5.74) is 0. The fourth-order valence-corrected chi connectivity index (χ4v) is 0.976. The Morgan fingerprint density at radius 3 is 3.18 bits per heavy atom. The predicted molar refractivity (Wildman–Crippen MR) is 39.0 cm³/mol. The Morgan fingerprint density at radius 1 is 1.64 bits per heavy atom. The first-order valence-electron chi connectivity index (χ1n) is 3.93. The van der Waals surface area contributed by atoms with Gasteiger partial charge in [-0.3, -0.25) is 0 Å². The van der Waals surface area contributed by atoms with Crippen molar-refractivity contribution in [1.82, 2.24) is 15.5 Å². The van der Waals surface area contributed by atoms with Crippen molar-refractivity contribution in [2.75, 3.05) is 6.54 Å². The highest BCUT2D eigenvalue weighted by atomic mass is 16.4. The minimum Gasteiger partial charge on any atom is -0.428 e. The van der Waals surface area contributed by atoms with E-state index in [1.54, 1.807) is 0 Å². The molecule has 0 radical (unpaired) electrons. The third kappa shape index (κ3) is 2.01. The van der Waals surface area contributed by atoms with E-state index in [4.69, 9.17) is 4.42 Å². The van der Waals surface area contributed by atoms with Gasteiger partial charge in [-0.15, -0.1) is 10.2 Å². The molecule has 1 saturated carbocycles. The Labute approximate surface area is 65.0 Å². The van der Waals surface area contributed by atoms with Crippen molar-refractivity contribution in [3.8, 4) is 0 Å². The molecule has 4 heteroatoms. The topological polar surface area (TPSA) is 51.0 Å². The van der Waals surface area contributed by atoms with Crippen LogP contribution in [0.2, 0.25) is 0 Å². The average molecular weight is 153 g/mol. The lowest BCUT2D eigenvalue weighted by molar-refractivity contribution is 0.483. The van der Waals surface area contributed by atoms with Crippen LogP contribution in [-0.4, -0.2) is 22.8 Å². The van der Waals surface area contributed by atoms with E-state index in [2.05, 4.69) is 15.5 Å². The lowest BCUT2D eigenvalue weighted by Crippen LogP contribution is -2.19. The van der Waals surface area contributed by atoms with Gasteiger partial charge < -0.3 is 9.73 Å². The van der Waals surface area contributed by atoms with E-state index in [1.807, 2.05) is 0 Å². The summed E-state index contributed by atoms with van der Waals surface area (Å²) in [6.45, 7) is 0.951. The van der Waals surface area contributed by atoms with Crippen LogP contribution >= 0.6 is 0 Å². The standard InChI is InChI=1S/C7H11N3O/c1-2-6(1)8-4-3-7-10-9-5-11-7/h5-6,8H,1-4H2. The lowest BCUT2D eigenvalue weighted by atomic mass is 10.4. The lowest BCUT2D eigenvalue weighted by Gasteiger charge is -1.96. The van der Waals surface area contributed by atoms with E-state index in [9.17, 15) is 0 Å². The Balaban J connectivity index is 1.66. The molecule has 1 heterocycles. The van der Waals surface area contributed by atoms with Crippen molar-refractivity contribution >= 4 is 0 Å². The second-order valence-corrected chi connectivity index (χ2v) is 2.81. The molecule has 0 aromatic carbocycles. The molecule has 11 heavy (non-hydrogen) atoms. The number of nitrogens with zero attached hydrogens (tertiary/aromatic N) is 2. The Hall–Kier alpha value is -0.900. The quantitative estimate of drug-likeness (QED) is 0.678. The van der Waals surface area contributed by atoms with Crippen molar-refractivity contribution in [3.05, 3.63) is 12.3 Å². The maximum atomic E-state index is 4.97. The molecular formula is C7H11N3O. The Kier molecular flexibility index (Phi) is 1.85. The minimum absolute atomic E-state index is 0.721. The molecular weight excluding hydrogens is 142 g/mol. The fraction of sp³-hybridized carbons (Fsp3) is 0.714. The zero-order chi connectivity index (χ0) is 7.52. The van der Waals surface area contributed by atoms with Crippen LogP contribution in [0.4, 0.5) is 0 Å². The van der Waals surface area contributed by atoms with Gasteiger partial charge in [0.2, 0.25) is 12.3 Å². The van der Waals surface area contributed by atoms with E-state index in [0.717, 1.165) is 24.9 Å². The second-order valence-electron chi connectivity index (χ2n) is 2.81. The zero-order valence-electron chi connectivity index (χ0n) is 6.29. The van der Waals surface area contributed by atoms with Gasteiger partial charge in [0.1, 0.15) is 0 Å². The van der Waals surface area contributed by atoms with Gasteiger partial charge in [0.05, 0.1) is 0 Å². The third-order valence-corrected chi connectivity index (χ3v) is 1.75. The number of hydrogen-bond acceptors (Lipinski definition) is 4. The number of rotatable bonds is 4. The molecule has 60 valence electrons. The van der Waals surface area contributed by atoms with Crippen molar-refractivity contribution in [2.45, 2.75) is 25.3 Å². The van der Waals surface area contributed by atoms with Gasteiger partial charge in [0, 0.05) is 19.0 Å². The summed E-state index contributed by atoms with van der Waals surface area (Å²) in [5, 5.41) is 10.7. The van der Waals surface area contributed by atoms with E-state index in [1.165, 1.54) is 19.2 Å². The molecule has 0 atom stereocenters. The van der Waals surface area contributed by atoms with Crippen LogP contribution in [0.3, 0.4) is 0 Å². The van der Waals surface area contributed by atoms with Crippen LogP contribution in [0.15, 0.2) is 10.8 Å². The summed E-state index contributed by atoms with van der Waals surface area (Å²) in [6, 6.07) is 0.762. The molecule has 1 aliphatic rings. The van der Waals surface area contributed by atoms with Gasteiger partial charge in [-0.2, -0.15) is 0 Å². The fourth-order valence-electron chi connectivity index (χ4n) is 0.976. The van der Waals surface area contributed by atoms with Crippen molar-refractivity contribution in [1.29, 1.82) is 0 Å². The molecule has 2 rings (SSSR count). The molecule has 1 N–H and O–H groups in total. The highest BCUT2D eigenvalue weighted by Crippen LogP contribution is 2.18. The van der Waals surface area contributed by atoms with Gasteiger partial charge in [-0.1, -0.05) is 0 Å². The Bertz CT molecular complexity index is 205. The summed E-state index contributed by atoms with van der Waals surface area (Å²) in [7, 11) is 0. The summed E-state index contributed by atoms with van der Waals surface area (Å²) in [4.78, 5) is 0. The summed E-state index contributed by atoms with van der Waals surface area (Å²) < 4.78 is 4.97. The monoisotopic (exact) mass is 153 g/mol. The Morgan fingerprint density at radius 2 is 2.55 bits per heavy atom. The van der Waals surface area contributed by atoms with E-state index >= 15 is 0 Å². The molecule has 0 bridgehead atoms. The van der Waals surface area contributed by atoms with E-state index in [-0.39, 0.29) is 0 Å². The molecule has 1 aromatic rings. The molecule has 0 spiro atoms. The third-order valence-electron chi connectivity index (χ3n) is 1.75. The first kappa shape index (κ1) is 6.79. The van der Waals surface area contributed by atoms with Crippen LogP contribution in [0.5, 0.6) is 0 Å². The summed E-state index contributed by atoms with van der Waals surface area (Å²) in [5.74, 6) is 0.721. The largest absolute Gasteiger partial charge is 0.428 e. The maximum absolute atomic E-state index is 4.97. The number of nitrogens with one attached hydrogen (secondary N) is 1. The van der Waals surface area contributed by atoms with Gasteiger partial charge in [0.15, 0.2) is 0 Å². The van der Waals surface area contributed by atoms with Gasteiger partial charge >= 0.3 is 0 Å². The average Bonchev–Trinajstić information content (AvgIpc) is 2.66. The maximum Gasteiger partial charge on any atom is 0.217 e. The first-order valence-corrected chi connectivity index (χ1v) is 3.93. The normalized spacial score (nSPS) is 17.1. The molecule has 0 saturated heterocycles.